The number of rotatable bonds is 6. The van der Waals surface area contributed by atoms with Gasteiger partial charge in [-0.05, 0) is 42.3 Å². The second-order valence-corrected chi connectivity index (χ2v) is 5.39. The molecule has 0 aliphatic carbocycles. The van der Waals surface area contributed by atoms with Gasteiger partial charge in [-0.1, -0.05) is 23.4 Å². The first-order chi connectivity index (χ1) is 12.2. The smallest absolute Gasteiger partial charge is 0.256 e. The second kappa shape index (κ2) is 7.61. The minimum Gasteiger partial charge on any atom is -0.497 e. The third kappa shape index (κ3) is 3.85. The molecule has 0 bridgehead atoms. The maximum absolute atomic E-state index is 13.6. The first-order valence-corrected chi connectivity index (χ1v) is 7.79. The summed E-state index contributed by atoms with van der Waals surface area (Å²) in [7, 11) is 1.58. The highest BCUT2D eigenvalue weighted by molar-refractivity contribution is 5.99. The highest BCUT2D eigenvalue weighted by Crippen LogP contribution is 2.25. The number of carbonyl (C=O) groups is 1. The molecule has 1 amide bonds. The van der Waals surface area contributed by atoms with Crippen LogP contribution in [-0.2, 0) is 6.42 Å². The van der Waals surface area contributed by atoms with E-state index in [4.69, 9.17) is 9.26 Å². The van der Waals surface area contributed by atoms with Crippen LogP contribution >= 0.6 is 0 Å². The largest absolute Gasteiger partial charge is 0.497 e. The van der Waals surface area contributed by atoms with Gasteiger partial charge in [-0.2, -0.15) is 0 Å². The van der Waals surface area contributed by atoms with Crippen LogP contribution in [-0.4, -0.2) is 24.7 Å². The van der Waals surface area contributed by atoms with E-state index < -0.39 is 0 Å². The van der Waals surface area contributed by atoms with Gasteiger partial charge in [-0.15, -0.1) is 0 Å². The third-order valence-electron chi connectivity index (χ3n) is 3.80. The maximum atomic E-state index is 13.6. The second-order valence-electron chi connectivity index (χ2n) is 5.39. The molecule has 0 fully saturated rings. The fraction of sp³-hybridized carbons (Fsp3) is 0.158. The van der Waals surface area contributed by atoms with E-state index in [1.165, 1.54) is 12.3 Å². The normalized spacial score (nSPS) is 10.5. The Hall–Kier alpha value is -3.15. The molecule has 0 radical (unpaired) electrons. The van der Waals surface area contributed by atoms with Crippen molar-refractivity contribution >= 4 is 5.91 Å². The van der Waals surface area contributed by atoms with Gasteiger partial charge in [0, 0.05) is 12.1 Å². The topological polar surface area (TPSA) is 64.4 Å². The summed E-state index contributed by atoms with van der Waals surface area (Å²) in [6, 6.07) is 13.6. The molecule has 0 atom stereocenters. The van der Waals surface area contributed by atoms with E-state index in [9.17, 15) is 9.18 Å². The zero-order valence-electron chi connectivity index (χ0n) is 13.7. The molecule has 0 unspecified atom stereocenters. The Morgan fingerprint density at radius 3 is 2.68 bits per heavy atom. The number of methoxy groups -OCH3 is 1. The van der Waals surface area contributed by atoms with E-state index in [-0.39, 0.29) is 11.7 Å². The van der Waals surface area contributed by atoms with Gasteiger partial charge in [0.1, 0.15) is 17.1 Å². The van der Waals surface area contributed by atoms with Crippen molar-refractivity contribution in [2.45, 2.75) is 6.42 Å². The average Bonchev–Trinajstić information content (AvgIpc) is 3.13. The van der Waals surface area contributed by atoms with Crippen molar-refractivity contribution in [1.82, 2.24) is 10.5 Å². The van der Waals surface area contributed by atoms with Crippen LogP contribution in [0.5, 0.6) is 5.75 Å². The van der Waals surface area contributed by atoms with Gasteiger partial charge >= 0.3 is 0 Å². The summed E-state index contributed by atoms with van der Waals surface area (Å²) in [4.78, 5) is 12.4. The Bertz CT molecular complexity index is 859. The van der Waals surface area contributed by atoms with Crippen molar-refractivity contribution in [2.24, 2.45) is 0 Å². The monoisotopic (exact) mass is 340 g/mol. The number of ether oxygens (including phenoxy) is 1. The molecular weight excluding hydrogens is 323 g/mol. The average molecular weight is 340 g/mol. The molecule has 128 valence electrons. The lowest BCUT2D eigenvalue weighted by Gasteiger charge is -2.06. The fourth-order valence-electron chi connectivity index (χ4n) is 2.46. The Morgan fingerprint density at radius 2 is 1.96 bits per heavy atom. The molecule has 1 aromatic heterocycles. The van der Waals surface area contributed by atoms with Crippen LogP contribution in [0.25, 0.3) is 11.3 Å². The summed E-state index contributed by atoms with van der Waals surface area (Å²) in [5, 5.41) is 6.48. The summed E-state index contributed by atoms with van der Waals surface area (Å²) in [6.45, 7) is 0.312. The zero-order valence-corrected chi connectivity index (χ0v) is 13.7. The van der Waals surface area contributed by atoms with Crippen LogP contribution in [0.3, 0.4) is 0 Å². The lowest BCUT2D eigenvalue weighted by Crippen LogP contribution is -2.26. The van der Waals surface area contributed by atoms with Crippen LogP contribution in [0.2, 0.25) is 0 Å². The Kier molecular flexibility index (Phi) is 5.09. The molecule has 25 heavy (non-hydrogen) atoms. The first-order valence-electron chi connectivity index (χ1n) is 7.79. The van der Waals surface area contributed by atoms with Crippen molar-refractivity contribution < 1.29 is 18.4 Å². The lowest BCUT2D eigenvalue weighted by molar-refractivity contribution is 0.0954. The molecule has 1 N–H and O–H groups in total. The molecule has 3 aromatic rings. The number of aromatic nitrogens is 1. The standard InChI is InChI=1S/C19H17FN2O3/c1-24-15-8-6-14(7-9-15)18-16(12-22-25-18)19(23)21-11-10-13-4-2-3-5-17(13)20/h2-9,12H,10-11H2,1H3,(H,21,23). The first kappa shape index (κ1) is 16.7. The van der Waals surface area contributed by atoms with Gasteiger partial charge in [0.15, 0.2) is 5.76 Å². The summed E-state index contributed by atoms with van der Waals surface area (Å²) in [5.41, 5.74) is 1.61. The molecule has 6 heteroatoms. The van der Waals surface area contributed by atoms with Crippen molar-refractivity contribution in [3.8, 4) is 17.1 Å². The predicted molar refractivity (Wildman–Crippen MR) is 90.9 cm³/mol. The van der Waals surface area contributed by atoms with E-state index in [2.05, 4.69) is 10.5 Å². The highest BCUT2D eigenvalue weighted by Gasteiger charge is 2.17. The number of benzene rings is 2. The molecule has 0 aliphatic heterocycles. The predicted octanol–water partition coefficient (Wildman–Crippen LogP) is 3.46. The zero-order chi connectivity index (χ0) is 17.6. The molecule has 0 spiro atoms. The molecule has 0 saturated carbocycles. The van der Waals surface area contributed by atoms with Gasteiger partial charge in [0.2, 0.25) is 0 Å². The fourth-order valence-corrected chi connectivity index (χ4v) is 2.46. The van der Waals surface area contributed by atoms with Crippen LogP contribution in [0, 0.1) is 5.82 Å². The molecule has 3 rings (SSSR count). The van der Waals surface area contributed by atoms with Crippen LogP contribution in [0.1, 0.15) is 15.9 Å². The molecular formula is C19H17FN2O3. The van der Waals surface area contributed by atoms with E-state index in [1.807, 2.05) is 0 Å². The van der Waals surface area contributed by atoms with E-state index >= 15 is 0 Å². The number of nitrogens with zero attached hydrogens (tertiary/aromatic N) is 1. The summed E-state index contributed by atoms with van der Waals surface area (Å²) in [6.07, 6.45) is 1.78. The maximum Gasteiger partial charge on any atom is 0.256 e. The molecule has 0 saturated heterocycles. The van der Waals surface area contributed by atoms with Crippen molar-refractivity contribution in [2.75, 3.05) is 13.7 Å². The van der Waals surface area contributed by atoms with Crippen LogP contribution in [0.4, 0.5) is 4.39 Å². The van der Waals surface area contributed by atoms with Gasteiger partial charge in [0.05, 0.1) is 13.3 Å². The van der Waals surface area contributed by atoms with Gasteiger partial charge in [0.25, 0.3) is 5.91 Å². The summed E-state index contributed by atoms with van der Waals surface area (Å²) < 4.78 is 23.9. The lowest BCUT2D eigenvalue weighted by atomic mass is 10.1. The van der Waals surface area contributed by atoms with Crippen molar-refractivity contribution in [1.29, 1.82) is 0 Å². The van der Waals surface area contributed by atoms with Crippen LogP contribution < -0.4 is 10.1 Å². The van der Waals surface area contributed by atoms with Crippen molar-refractivity contribution in [3.05, 3.63) is 71.7 Å². The van der Waals surface area contributed by atoms with E-state index in [0.717, 1.165) is 5.56 Å². The molecule has 0 aliphatic rings. The molecule has 2 aromatic carbocycles. The number of amides is 1. The summed E-state index contributed by atoms with van der Waals surface area (Å²) >= 11 is 0. The minimum absolute atomic E-state index is 0.277. The Balaban J connectivity index is 1.67. The third-order valence-corrected chi connectivity index (χ3v) is 3.80. The number of hydrogen-bond acceptors (Lipinski definition) is 4. The van der Waals surface area contributed by atoms with Gasteiger partial charge in [-0.25, -0.2) is 4.39 Å². The number of hydrogen-bond donors (Lipinski definition) is 1. The van der Waals surface area contributed by atoms with E-state index in [1.54, 1.807) is 49.6 Å². The molecule has 5 nitrogen and oxygen atoms in total. The minimum atomic E-state index is -0.316. The van der Waals surface area contributed by atoms with Crippen molar-refractivity contribution in [3.63, 3.8) is 0 Å². The molecule has 1 heterocycles. The number of carbonyl (C=O) groups excluding carboxylic acids is 1. The van der Waals surface area contributed by atoms with Gasteiger partial charge < -0.3 is 14.6 Å². The SMILES string of the molecule is COc1ccc(-c2oncc2C(=O)NCCc2ccccc2F)cc1. The highest BCUT2D eigenvalue weighted by atomic mass is 19.1. The van der Waals surface area contributed by atoms with Crippen LogP contribution in [0.15, 0.2) is 59.3 Å². The number of halogens is 1. The number of nitrogens with one attached hydrogen (secondary N) is 1. The quantitative estimate of drug-likeness (QED) is 0.746. The van der Waals surface area contributed by atoms with Gasteiger partial charge in [-0.3, -0.25) is 4.79 Å². The Morgan fingerprint density at radius 1 is 1.20 bits per heavy atom. The summed E-state index contributed by atoms with van der Waals surface area (Å²) in [5.74, 6) is 0.495. The Labute approximate surface area is 144 Å². The van der Waals surface area contributed by atoms with E-state index in [0.29, 0.717) is 35.6 Å².